The molecule has 0 bridgehead atoms. The minimum atomic E-state index is -0.648. The maximum absolute atomic E-state index is 12.4. The van der Waals surface area contributed by atoms with Crippen LogP contribution in [0.2, 0.25) is 5.02 Å². The van der Waals surface area contributed by atoms with Gasteiger partial charge in [0, 0.05) is 36.1 Å². The highest BCUT2D eigenvalue weighted by Gasteiger charge is 2.20. The van der Waals surface area contributed by atoms with Gasteiger partial charge in [0.1, 0.15) is 0 Å². The molecule has 0 aliphatic carbocycles. The molecule has 0 saturated carbocycles. The Labute approximate surface area is 143 Å². The van der Waals surface area contributed by atoms with Crippen LogP contribution in [0.1, 0.15) is 35.3 Å². The van der Waals surface area contributed by atoms with E-state index in [9.17, 15) is 19.7 Å². The minimum Gasteiger partial charge on any atom is -0.349 e. The Hall–Kier alpha value is -2.73. The maximum atomic E-state index is 12.4. The number of nitrogens with zero attached hydrogens (tertiary/aromatic N) is 1. The molecule has 0 aliphatic rings. The number of Topliss-reactive ketones (excluding diaryl/α,β-unsaturated/α-hetero) is 1. The van der Waals surface area contributed by atoms with Crippen molar-refractivity contribution in [2.24, 2.45) is 0 Å². The van der Waals surface area contributed by atoms with Crippen molar-refractivity contribution in [3.8, 4) is 0 Å². The predicted molar refractivity (Wildman–Crippen MR) is 90.1 cm³/mol. The van der Waals surface area contributed by atoms with Crippen LogP contribution >= 0.6 is 11.6 Å². The quantitative estimate of drug-likeness (QED) is 0.490. The van der Waals surface area contributed by atoms with Crippen LogP contribution in [-0.2, 0) is 4.79 Å². The van der Waals surface area contributed by atoms with Crippen LogP contribution < -0.4 is 5.32 Å². The van der Waals surface area contributed by atoms with Gasteiger partial charge in [0.15, 0.2) is 5.78 Å². The molecule has 0 saturated heterocycles. The Kier molecular flexibility index (Phi) is 5.65. The van der Waals surface area contributed by atoms with Gasteiger partial charge in [-0.2, -0.15) is 0 Å². The number of nitrogens with one attached hydrogen (secondary N) is 1. The van der Waals surface area contributed by atoms with Gasteiger partial charge in [0.25, 0.3) is 5.69 Å². The van der Waals surface area contributed by atoms with Crippen molar-refractivity contribution < 1.29 is 14.5 Å². The lowest BCUT2D eigenvalue weighted by molar-refractivity contribution is -0.384. The molecule has 7 heteroatoms. The van der Waals surface area contributed by atoms with Crippen molar-refractivity contribution in [3.63, 3.8) is 0 Å². The van der Waals surface area contributed by atoms with Gasteiger partial charge < -0.3 is 5.32 Å². The summed E-state index contributed by atoms with van der Waals surface area (Å²) in [5.74, 6) is -0.521. The Morgan fingerprint density at radius 1 is 1.21 bits per heavy atom. The number of carbonyl (C=O) groups excluding carboxylic acids is 2. The molecule has 1 amide bonds. The van der Waals surface area contributed by atoms with Crippen LogP contribution in [0.4, 0.5) is 5.69 Å². The zero-order chi connectivity index (χ0) is 17.7. The van der Waals surface area contributed by atoms with E-state index in [1.165, 1.54) is 25.1 Å². The number of nitro benzene ring substituents is 1. The normalized spacial score (nSPS) is 11.6. The van der Waals surface area contributed by atoms with Crippen LogP contribution in [0.5, 0.6) is 0 Å². The van der Waals surface area contributed by atoms with E-state index in [2.05, 4.69) is 5.32 Å². The second-order valence-corrected chi connectivity index (χ2v) is 5.68. The molecule has 2 rings (SSSR count). The highest BCUT2D eigenvalue weighted by Crippen LogP contribution is 2.24. The molecule has 2 aromatic rings. The average Bonchev–Trinajstić information content (AvgIpc) is 2.54. The summed E-state index contributed by atoms with van der Waals surface area (Å²) < 4.78 is 0. The lowest BCUT2D eigenvalue weighted by atomic mass is 9.97. The first-order valence-corrected chi connectivity index (χ1v) is 7.55. The molecule has 0 aliphatic heterocycles. The highest BCUT2D eigenvalue weighted by molar-refractivity contribution is 6.30. The van der Waals surface area contributed by atoms with E-state index >= 15 is 0 Å². The summed E-state index contributed by atoms with van der Waals surface area (Å²) in [6.07, 6.45) is -0.0115. The van der Waals surface area contributed by atoms with E-state index in [4.69, 9.17) is 11.6 Å². The highest BCUT2D eigenvalue weighted by atomic mass is 35.5. The lowest BCUT2D eigenvalue weighted by Gasteiger charge is -2.17. The Morgan fingerprint density at radius 2 is 1.88 bits per heavy atom. The Bertz CT molecular complexity index is 774. The summed E-state index contributed by atoms with van der Waals surface area (Å²) in [6.45, 7) is 1.33. The number of hydrogen-bond acceptors (Lipinski definition) is 4. The number of carbonyl (C=O) groups is 2. The van der Waals surface area contributed by atoms with Gasteiger partial charge in [-0.1, -0.05) is 23.7 Å². The standard InChI is InChI=1S/C17H15ClN2O4/c1-11(21)19-16(13-3-2-4-15(9-13)20(23)24)10-17(22)12-5-7-14(18)8-6-12/h2-9,16H,10H2,1H3,(H,19,21). The zero-order valence-electron chi connectivity index (χ0n) is 12.9. The van der Waals surface area contributed by atoms with Crippen LogP contribution in [0.15, 0.2) is 48.5 Å². The second kappa shape index (κ2) is 7.70. The third-order valence-corrected chi connectivity index (χ3v) is 3.67. The molecule has 124 valence electrons. The van der Waals surface area contributed by atoms with Crippen LogP contribution in [0.3, 0.4) is 0 Å². The van der Waals surface area contributed by atoms with E-state index < -0.39 is 11.0 Å². The number of halogens is 1. The summed E-state index contributed by atoms with van der Waals surface area (Å²) in [6, 6.07) is 11.6. The fraction of sp³-hybridized carbons (Fsp3) is 0.176. The van der Waals surface area contributed by atoms with Crippen molar-refractivity contribution in [2.75, 3.05) is 0 Å². The number of benzene rings is 2. The molecule has 0 radical (unpaired) electrons. The molecule has 0 heterocycles. The van der Waals surface area contributed by atoms with Gasteiger partial charge in [0.05, 0.1) is 11.0 Å². The third kappa shape index (κ3) is 4.63. The molecule has 0 aromatic heterocycles. The van der Waals surface area contributed by atoms with E-state index in [0.29, 0.717) is 16.1 Å². The van der Waals surface area contributed by atoms with Gasteiger partial charge >= 0.3 is 0 Å². The number of non-ortho nitro benzene ring substituents is 1. The molecule has 1 unspecified atom stereocenters. The Balaban J connectivity index is 2.26. The second-order valence-electron chi connectivity index (χ2n) is 5.24. The maximum Gasteiger partial charge on any atom is 0.269 e. The molecular weight excluding hydrogens is 332 g/mol. The van der Waals surface area contributed by atoms with Gasteiger partial charge in [0.2, 0.25) is 5.91 Å². The molecule has 24 heavy (non-hydrogen) atoms. The van der Waals surface area contributed by atoms with Crippen molar-refractivity contribution in [3.05, 3.63) is 74.8 Å². The van der Waals surface area contributed by atoms with Crippen molar-refractivity contribution in [1.82, 2.24) is 5.32 Å². The topological polar surface area (TPSA) is 89.3 Å². The van der Waals surface area contributed by atoms with E-state index in [0.717, 1.165) is 0 Å². The Morgan fingerprint density at radius 3 is 2.46 bits per heavy atom. The lowest BCUT2D eigenvalue weighted by Crippen LogP contribution is -2.28. The summed E-state index contributed by atoms with van der Waals surface area (Å²) in [4.78, 5) is 34.2. The number of rotatable bonds is 6. The minimum absolute atomic E-state index is 0.0115. The first kappa shape index (κ1) is 17.6. The van der Waals surface area contributed by atoms with Crippen molar-refractivity contribution >= 4 is 29.0 Å². The van der Waals surface area contributed by atoms with Gasteiger partial charge in [-0.05, 0) is 29.8 Å². The fourth-order valence-corrected chi connectivity index (χ4v) is 2.42. The van der Waals surface area contributed by atoms with Crippen LogP contribution in [0, 0.1) is 10.1 Å². The summed E-state index contributed by atoms with van der Waals surface area (Å²) in [7, 11) is 0. The van der Waals surface area contributed by atoms with E-state index in [1.807, 2.05) is 0 Å². The number of nitro groups is 1. The van der Waals surface area contributed by atoms with Crippen LogP contribution in [0.25, 0.3) is 0 Å². The molecule has 6 nitrogen and oxygen atoms in total. The van der Waals surface area contributed by atoms with Crippen LogP contribution in [-0.4, -0.2) is 16.6 Å². The zero-order valence-corrected chi connectivity index (χ0v) is 13.6. The van der Waals surface area contributed by atoms with Gasteiger partial charge in [-0.3, -0.25) is 19.7 Å². The van der Waals surface area contributed by atoms with Crippen molar-refractivity contribution in [1.29, 1.82) is 0 Å². The first-order chi connectivity index (χ1) is 11.4. The summed E-state index contributed by atoms with van der Waals surface area (Å²) in [5, 5.41) is 14.1. The molecular formula is C17H15ClN2O4. The number of hydrogen-bond donors (Lipinski definition) is 1. The van der Waals surface area contributed by atoms with Gasteiger partial charge in [-0.15, -0.1) is 0 Å². The SMILES string of the molecule is CC(=O)NC(CC(=O)c1ccc(Cl)cc1)c1cccc([N+](=O)[O-])c1. The summed E-state index contributed by atoms with van der Waals surface area (Å²) >= 11 is 5.80. The number of ketones is 1. The van der Waals surface area contributed by atoms with Gasteiger partial charge in [-0.25, -0.2) is 0 Å². The largest absolute Gasteiger partial charge is 0.349 e. The average molecular weight is 347 g/mol. The van der Waals surface area contributed by atoms with E-state index in [1.54, 1.807) is 30.3 Å². The molecule has 1 N–H and O–H groups in total. The van der Waals surface area contributed by atoms with Crippen molar-refractivity contribution in [2.45, 2.75) is 19.4 Å². The predicted octanol–water partition coefficient (Wildman–Crippen LogP) is 3.70. The third-order valence-electron chi connectivity index (χ3n) is 3.42. The fourth-order valence-electron chi connectivity index (χ4n) is 2.29. The molecule has 0 spiro atoms. The smallest absolute Gasteiger partial charge is 0.269 e. The summed E-state index contributed by atoms with van der Waals surface area (Å²) in [5.41, 5.74) is 0.865. The molecule has 2 aromatic carbocycles. The first-order valence-electron chi connectivity index (χ1n) is 7.17. The van der Waals surface area contributed by atoms with E-state index in [-0.39, 0.29) is 23.8 Å². The molecule has 1 atom stereocenters. The number of amides is 1. The molecule has 0 fully saturated rings. The monoisotopic (exact) mass is 346 g/mol.